The number of ether oxygens (including phenoxy) is 1. The van der Waals surface area contributed by atoms with Crippen molar-refractivity contribution in [1.29, 1.82) is 0 Å². The van der Waals surface area contributed by atoms with Gasteiger partial charge in [0.1, 0.15) is 11.6 Å². The Balaban J connectivity index is 1.44. The molecule has 0 aliphatic carbocycles. The van der Waals surface area contributed by atoms with Crippen molar-refractivity contribution in [3.63, 3.8) is 0 Å². The Bertz CT molecular complexity index is 997. The van der Waals surface area contributed by atoms with E-state index in [1.165, 1.54) is 10.5 Å². The predicted molar refractivity (Wildman–Crippen MR) is 119 cm³/mol. The summed E-state index contributed by atoms with van der Waals surface area (Å²) >= 11 is 5.94. The van der Waals surface area contributed by atoms with Gasteiger partial charge in [0.2, 0.25) is 5.91 Å². The van der Waals surface area contributed by atoms with E-state index in [-0.39, 0.29) is 16.9 Å². The minimum absolute atomic E-state index is 0.0495. The van der Waals surface area contributed by atoms with Gasteiger partial charge in [0, 0.05) is 50.9 Å². The summed E-state index contributed by atoms with van der Waals surface area (Å²) in [7, 11) is -0.0843. The number of nitrogens with zero attached hydrogens (tertiary/aromatic N) is 4. The number of benzene rings is 1. The molecule has 0 unspecified atom stereocenters. The molecule has 170 valence electrons. The number of carbonyl (C=O) groups is 1. The van der Waals surface area contributed by atoms with Crippen molar-refractivity contribution in [2.45, 2.75) is 31.2 Å². The summed E-state index contributed by atoms with van der Waals surface area (Å²) in [4.78, 5) is 18.6. The molecule has 1 aromatic heterocycles. The Morgan fingerprint density at radius 1 is 1.32 bits per heavy atom. The fourth-order valence-corrected chi connectivity index (χ4v) is 5.27. The van der Waals surface area contributed by atoms with Crippen molar-refractivity contribution in [3.8, 4) is 5.75 Å². The molecular weight excluding hydrogens is 440 g/mol. The third-order valence-electron chi connectivity index (χ3n) is 5.57. The normalized spacial score (nSPS) is 15.7. The van der Waals surface area contributed by atoms with Gasteiger partial charge in [-0.05, 0) is 44.4 Å². The number of amides is 1. The molecule has 0 atom stereocenters. The fraction of sp³-hybridized carbons (Fsp3) is 0.524. The quantitative estimate of drug-likeness (QED) is 0.556. The zero-order valence-electron chi connectivity index (χ0n) is 18.1. The molecule has 0 N–H and O–H groups in total. The smallest absolute Gasteiger partial charge is 0.262 e. The standard InChI is InChI=1S/C21H29ClN4O4S/c1-16-23-20(15-25(16)3)31(28,29)26-11-8-17(9-12-26)21(27)24(2)10-5-13-30-19-7-4-6-18(22)14-19/h4,6-7,14-15,17H,5,8-13H2,1-3H3. The summed E-state index contributed by atoms with van der Waals surface area (Å²) in [6, 6.07) is 7.21. The SMILES string of the molecule is Cc1nc(S(=O)(=O)N2CCC(C(=O)N(C)CCCOc3cccc(Cl)c3)CC2)cn1C. The van der Waals surface area contributed by atoms with Crippen LogP contribution >= 0.6 is 11.6 Å². The predicted octanol–water partition coefficient (Wildman–Crippen LogP) is 2.71. The van der Waals surface area contributed by atoms with E-state index in [9.17, 15) is 13.2 Å². The minimum atomic E-state index is -3.63. The number of sulfonamides is 1. The van der Waals surface area contributed by atoms with E-state index in [4.69, 9.17) is 16.3 Å². The number of aromatic nitrogens is 2. The van der Waals surface area contributed by atoms with E-state index in [1.54, 1.807) is 42.6 Å². The van der Waals surface area contributed by atoms with E-state index < -0.39 is 10.0 Å². The maximum Gasteiger partial charge on any atom is 0.262 e. The highest BCUT2D eigenvalue weighted by Gasteiger charge is 2.34. The molecule has 0 bridgehead atoms. The van der Waals surface area contributed by atoms with Gasteiger partial charge in [0.05, 0.1) is 6.61 Å². The first-order chi connectivity index (χ1) is 14.7. The zero-order valence-corrected chi connectivity index (χ0v) is 19.7. The lowest BCUT2D eigenvalue weighted by Crippen LogP contribution is -2.43. The van der Waals surface area contributed by atoms with Gasteiger partial charge in [0.15, 0.2) is 5.03 Å². The van der Waals surface area contributed by atoms with Crippen molar-refractivity contribution in [2.24, 2.45) is 13.0 Å². The van der Waals surface area contributed by atoms with Crippen molar-refractivity contribution < 1.29 is 17.9 Å². The van der Waals surface area contributed by atoms with Crippen LogP contribution in [0, 0.1) is 12.8 Å². The Kier molecular flexibility index (Phi) is 7.61. The third-order valence-corrected chi connectivity index (χ3v) is 7.58. The van der Waals surface area contributed by atoms with E-state index >= 15 is 0 Å². The first-order valence-electron chi connectivity index (χ1n) is 10.3. The van der Waals surface area contributed by atoms with Gasteiger partial charge in [-0.2, -0.15) is 4.31 Å². The molecule has 2 aromatic rings. The van der Waals surface area contributed by atoms with Gasteiger partial charge in [0.25, 0.3) is 10.0 Å². The Labute approximate surface area is 188 Å². The number of halogens is 1. The lowest BCUT2D eigenvalue weighted by Gasteiger charge is -2.32. The maximum absolute atomic E-state index is 12.8. The molecule has 1 saturated heterocycles. The Morgan fingerprint density at radius 2 is 2.03 bits per heavy atom. The number of hydrogen-bond donors (Lipinski definition) is 0. The van der Waals surface area contributed by atoms with Crippen LogP contribution in [0.5, 0.6) is 5.75 Å². The number of carbonyl (C=O) groups excluding carboxylic acids is 1. The first kappa shape index (κ1) is 23.6. The van der Waals surface area contributed by atoms with Crippen molar-refractivity contribution in [1.82, 2.24) is 18.8 Å². The number of aryl methyl sites for hydroxylation is 2. The van der Waals surface area contributed by atoms with Crippen LogP contribution in [0.15, 0.2) is 35.5 Å². The monoisotopic (exact) mass is 468 g/mol. The second kappa shape index (κ2) is 10.0. The highest BCUT2D eigenvalue weighted by atomic mass is 35.5. The van der Waals surface area contributed by atoms with E-state index in [1.807, 2.05) is 12.1 Å². The summed E-state index contributed by atoms with van der Waals surface area (Å²) in [5.41, 5.74) is 0. The molecular formula is C21H29ClN4O4S. The molecule has 0 spiro atoms. The maximum atomic E-state index is 12.8. The lowest BCUT2D eigenvalue weighted by atomic mass is 9.96. The average Bonchev–Trinajstić information content (AvgIpc) is 3.10. The van der Waals surface area contributed by atoms with Crippen LogP contribution in [0.2, 0.25) is 5.02 Å². The molecule has 2 heterocycles. The molecule has 0 radical (unpaired) electrons. The Morgan fingerprint density at radius 3 is 2.65 bits per heavy atom. The highest BCUT2D eigenvalue weighted by Crippen LogP contribution is 2.25. The molecule has 10 heteroatoms. The van der Waals surface area contributed by atoms with Gasteiger partial charge < -0.3 is 14.2 Å². The average molecular weight is 469 g/mol. The molecule has 3 rings (SSSR count). The molecule has 1 fully saturated rings. The zero-order chi connectivity index (χ0) is 22.6. The van der Waals surface area contributed by atoms with Crippen molar-refractivity contribution >= 4 is 27.5 Å². The third kappa shape index (κ3) is 5.78. The fourth-order valence-electron chi connectivity index (χ4n) is 3.60. The lowest BCUT2D eigenvalue weighted by molar-refractivity contribution is -0.135. The summed E-state index contributed by atoms with van der Waals surface area (Å²) in [5.74, 6) is 1.23. The summed E-state index contributed by atoms with van der Waals surface area (Å²) < 4.78 is 34.4. The van der Waals surface area contributed by atoms with Crippen LogP contribution in [-0.2, 0) is 21.9 Å². The second-order valence-corrected chi connectivity index (χ2v) is 10.2. The van der Waals surface area contributed by atoms with Crippen LogP contribution in [0.1, 0.15) is 25.1 Å². The number of hydrogen-bond acceptors (Lipinski definition) is 5. The van der Waals surface area contributed by atoms with Crippen LogP contribution < -0.4 is 4.74 Å². The second-order valence-electron chi connectivity index (χ2n) is 7.83. The number of imidazole rings is 1. The minimum Gasteiger partial charge on any atom is -0.493 e. The van der Waals surface area contributed by atoms with Gasteiger partial charge in [-0.25, -0.2) is 13.4 Å². The molecule has 31 heavy (non-hydrogen) atoms. The van der Waals surface area contributed by atoms with Crippen LogP contribution in [0.25, 0.3) is 0 Å². The number of rotatable bonds is 8. The van der Waals surface area contributed by atoms with Gasteiger partial charge in [-0.3, -0.25) is 4.79 Å². The number of piperidine rings is 1. The summed E-state index contributed by atoms with van der Waals surface area (Å²) in [6.07, 6.45) is 3.24. The van der Waals surface area contributed by atoms with Gasteiger partial charge in [-0.15, -0.1) is 0 Å². The van der Waals surface area contributed by atoms with Crippen molar-refractivity contribution in [2.75, 3.05) is 33.3 Å². The van der Waals surface area contributed by atoms with E-state index in [2.05, 4.69) is 4.98 Å². The van der Waals surface area contributed by atoms with Crippen LogP contribution in [0.3, 0.4) is 0 Å². The van der Waals surface area contributed by atoms with Crippen LogP contribution in [0.4, 0.5) is 0 Å². The van der Waals surface area contributed by atoms with Crippen molar-refractivity contribution in [3.05, 3.63) is 41.3 Å². The largest absolute Gasteiger partial charge is 0.493 e. The van der Waals surface area contributed by atoms with E-state index in [0.29, 0.717) is 62.1 Å². The van der Waals surface area contributed by atoms with Gasteiger partial charge >= 0.3 is 0 Å². The summed E-state index contributed by atoms with van der Waals surface area (Å²) in [5, 5.41) is 0.686. The highest BCUT2D eigenvalue weighted by molar-refractivity contribution is 7.89. The molecule has 1 aliphatic heterocycles. The Hall–Kier alpha value is -2.10. The van der Waals surface area contributed by atoms with E-state index in [0.717, 1.165) is 0 Å². The molecule has 0 saturated carbocycles. The summed E-state index contributed by atoms with van der Waals surface area (Å²) in [6.45, 7) is 3.46. The molecule has 1 amide bonds. The topological polar surface area (TPSA) is 84.7 Å². The molecule has 1 aromatic carbocycles. The molecule has 1 aliphatic rings. The van der Waals surface area contributed by atoms with Gasteiger partial charge in [-0.1, -0.05) is 17.7 Å². The van der Waals surface area contributed by atoms with Crippen LogP contribution in [-0.4, -0.2) is 66.4 Å². The molecule has 8 nitrogen and oxygen atoms in total. The first-order valence-corrected chi connectivity index (χ1v) is 12.1.